The van der Waals surface area contributed by atoms with Crippen LogP contribution in [0.4, 0.5) is 0 Å². The highest BCUT2D eigenvalue weighted by atomic mass is 16.5. The first-order valence-corrected chi connectivity index (χ1v) is 8.05. The summed E-state index contributed by atoms with van der Waals surface area (Å²) in [5.41, 5.74) is 1.70. The third-order valence-corrected chi connectivity index (χ3v) is 3.71. The van der Waals surface area contributed by atoms with Crippen molar-refractivity contribution in [1.29, 1.82) is 0 Å². The van der Waals surface area contributed by atoms with Gasteiger partial charge in [0.25, 0.3) is 5.91 Å². The van der Waals surface area contributed by atoms with Gasteiger partial charge < -0.3 is 15.2 Å². The van der Waals surface area contributed by atoms with Gasteiger partial charge >= 0.3 is 5.97 Å². The van der Waals surface area contributed by atoms with Gasteiger partial charge in [0.1, 0.15) is 11.8 Å². The van der Waals surface area contributed by atoms with Crippen LogP contribution in [0.15, 0.2) is 42.6 Å². The molecule has 0 aliphatic rings. The van der Waals surface area contributed by atoms with E-state index in [2.05, 4.69) is 10.3 Å². The highest BCUT2D eigenvalue weighted by Crippen LogP contribution is 2.29. The van der Waals surface area contributed by atoms with Gasteiger partial charge in [0, 0.05) is 17.3 Å². The number of nitrogens with one attached hydrogen (secondary N) is 1. The normalized spacial score (nSPS) is 11.8. The summed E-state index contributed by atoms with van der Waals surface area (Å²) in [6, 6.07) is 9.48. The van der Waals surface area contributed by atoms with Gasteiger partial charge in [0.2, 0.25) is 0 Å². The second-order valence-electron chi connectivity index (χ2n) is 6.12. The molecule has 1 unspecified atom stereocenters. The molecule has 2 rings (SSSR count). The van der Waals surface area contributed by atoms with Crippen LogP contribution < -0.4 is 10.1 Å². The van der Waals surface area contributed by atoms with Gasteiger partial charge in [-0.25, -0.2) is 4.79 Å². The molecule has 0 radical (unpaired) electrons. The van der Waals surface area contributed by atoms with Crippen LogP contribution in [0, 0.1) is 5.92 Å². The Kier molecular flexibility index (Phi) is 6.11. The standard InChI is InChI=1S/C19H22N2O4/c1-12(2)10-16(19(23)24)21-18(22)13-7-8-17(25-3)14(11-13)15-6-4-5-9-20-15/h4-9,11-12,16H,10H2,1-3H3,(H,21,22)(H,23,24). The van der Waals surface area contributed by atoms with E-state index in [1.54, 1.807) is 37.6 Å². The minimum absolute atomic E-state index is 0.154. The van der Waals surface area contributed by atoms with Crippen LogP contribution in [0.25, 0.3) is 11.3 Å². The van der Waals surface area contributed by atoms with E-state index in [-0.39, 0.29) is 5.92 Å². The molecule has 0 saturated carbocycles. The van der Waals surface area contributed by atoms with E-state index in [9.17, 15) is 14.7 Å². The average molecular weight is 342 g/mol. The topological polar surface area (TPSA) is 88.5 Å². The van der Waals surface area contributed by atoms with Gasteiger partial charge in [-0.3, -0.25) is 9.78 Å². The second-order valence-corrected chi connectivity index (χ2v) is 6.12. The largest absolute Gasteiger partial charge is 0.496 e. The number of benzene rings is 1. The average Bonchev–Trinajstić information content (AvgIpc) is 2.60. The number of amides is 1. The summed E-state index contributed by atoms with van der Waals surface area (Å²) in [5, 5.41) is 11.9. The molecule has 2 N–H and O–H groups in total. The summed E-state index contributed by atoms with van der Waals surface area (Å²) in [4.78, 5) is 28.1. The van der Waals surface area contributed by atoms with Crippen LogP contribution in [-0.4, -0.2) is 35.1 Å². The Morgan fingerprint density at radius 1 is 1.24 bits per heavy atom. The fourth-order valence-electron chi connectivity index (χ4n) is 2.51. The lowest BCUT2D eigenvalue weighted by Gasteiger charge is -2.17. The number of hydrogen-bond donors (Lipinski definition) is 2. The Bertz CT molecular complexity index is 744. The molecule has 132 valence electrons. The number of aromatic nitrogens is 1. The summed E-state index contributed by atoms with van der Waals surface area (Å²) in [7, 11) is 1.55. The highest BCUT2D eigenvalue weighted by molar-refractivity contribution is 5.98. The molecule has 6 heteroatoms. The fraction of sp³-hybridized carbons (Fsp3) is 0.316. The second kappa shape index (κ2) is 8.28. The predicted molar refractivity (Wildman–Crippen MR) is 94.6 cm³/mol. The van der Waals surface area contributed by atoms with Crippen LogP contribution in [0.2, 0.25) is 0 Å². The number of aliphatic carboxylic acids is 1. The maximum absolute atomic E-state index is 12.5. The molecule has 1 atom stereocenters. The van der Waals surface area contributed by atoms with E-state index < -0.39 is 17.9 Å². The quantitative estimate of drug-likeness (QED) is 0.807. The molecule has 1 amide bonds. The van der Waals surface area contributed by atoms with E-state index in [1.165, 1.54) is 0 Å². The number of pyridine rings is 1. The molecule has 6 nitrogen and oxygen atoms in total. The third kappa shape index (κ3) is 4.79. The third-order valence-electron chi connectivity index (χ3n) is 3.71. The number of carbonyl (C=O) groups is 2. The van der Waals surface area contributed by atoms with Crippen molar-refractivity contribution in [1.82, 2.24) is 10.3 Å². The van der Waals surface area contributed by atoms with Gasteiger partial charge in [-0.05, 0) is 42.7 Å². The minimum atomic E-state index is -1.04. The lowest BCUT2D eigenvalue weighted by atomic mass is 10.0. The molecule has 0 aliphatic heterocycles. The van der Waals surface area contributed by atoms with Crippen molar-refractivity contribution in [3.63, 3.8) is 0 Å². The van der Waals surface area contributed by atoms with E-state index in [0.717, 1.165) is 0 Å². The lowest BCUT2D eigenvalue weighted by Crippen LogP contribution is -2.41. The van der Waals surface area contributed by atoms with Crippen LogP contribution >= 0.6 is 0 Å². The predicted octanol–water partition coefficient (Wildman–Crippen LogP) is 2.99. The lowest BCUT2D eigenvalue weighted by molar-refractivity contribution is -0.139. The van der Waals surface area contributed by atoms with Gasteiger partial charge in [-0.1, -0.05) is 19.9 Å². The molecular weight excluding hydrogens is 320 g/mol. The Hall–Kier alpha value is -2.89. The number of methoxy groups -OCH3 is 1. The highest BCUT2D eigenvalue weighted by Gasteiger charge is 2.22. The molecule has 1 aromatic heterocycles. The maximum atomic E-state index is 12.5. The molecule has 1 aromatic carbocycles. The SMILES string of the molecule is COc1ccc(C(=O)NC(CC(C)C)C(=O)O)cc1-c1ccccn1. The van der Waals surface area contributed by atoms with Gasteiger partial charge in [-0.2, -0.15) is 0 Å². The number of carbonyl (C=O) groups excluding carboxylic acids is 1. The number of rotatable bonds is 7. The van der Waals surface area contributed by atoms with Crippen LogP contribution in [0.3, 0.4) is 0 Å². The molecule has 0 saturated heterocycles. The summed E-state index contributed by atoms with van der Waals surface area (Å²) in [6.07, 6.45) is 2.02. The molecule has 0 bridgehead atoms. The number of nitrogens with zero attached hydrogens (tertiary/aromatic N) is 1. The van der Waals surface area contributed by atoms with Gasteiger partial charge in [-0.15, -0.1) is 0 Å². The number of carboxylic acid groups (broad SMARTS) is 1. The molecule has 25 heavy (non-hydrogen) atoms. The molecule has 0 spiro atoms. The zero-order chi connectivity index (χ0) is 18.4. The van der Waals surface area contributed by atoms with Crippen molar-refractivity contribution in [3.05, 3.63) is 48.2 Å². The molecular formula is C19H22N2O4. The van der Waals surface area contributed by atoms with Gasteiger partial charge in [0.15, 0.2) is 0 Å². The summed E-state index contributed by atoms with van der Waals surface area (Å²) < 4.78 is 5.34. The minimum Gasteiger partial charge on any atom is -0.496 e. The molecule has 0 aliphatic carbocycles. The fourth-order valence-corrected chi connectivity index (χ4v) is 2.51. The maximum Gasteiger partial charge on any atom is 0.326 e. The summed E-state index contributed by atoms with van der Waals surface area (Å²) in [6.45, 7) is 3.82. The van der Waals surface area contributed by atoms with Crippen molar-refractivity contribution in [3.8, 4) is 17.0 Å². The first-order chi connectivity index (χ1) is 11.9. The first-order valence-electron chi connectivity index (χ1n) is 8.05. The molecule has 2 aromatic rings. The first kappa shape index (κ1) is 18.4. The summed E-state index contributed by atoms with van der Waals surface area (Å²) >= 11 is 0. The zero-order valence-electron chi connectivity index (χ0n) is 14.5. The Morgan fingerprint density at radius 3 is 2.56 bits per heavy atom. The van der Waals surface area contributed by atoms with Crippen LogP contribution in [-0.2, 0) is 4.79 Å². The zero-order valence-corrected chi connectivity index (χ0v) is 14.5. The Labute approximate surface area is 146 Å². The van der Waals surface area contributed by atoms with E-state index in [4.69, 9.17) is 4.74 Å². The Balaban J connectivity index is 2.30. The van der Waals surface area contributed by atoms with Crippen molar-refractivity contribution in [2.75, 3.05) is 7.11 Å². The van der Waals surface area contributed by atoms with Crippen molar-refractivity contribution in [2.24, 2.45) is 5.92 Å². The van der Waals surface area contributed by atoms with E-state index in [1.807, 2.05) is 26.0 Å². The summed E-state index contributed by atoms with van der Waals surface area (Å²) in [5.74, 6) is -0.734. The monoisotopic (exact) mass is 342 g/mol. The Morgan fingerprint density at radius 2 is 2.00 bits per heavy atom. The molecule has 1 heterocycles. The number of hydrogen-bond acceptors (Lipinski definition) is 4. The van der Waals surface area contributed by atoms with Crippen molar-refractivity contribution in [2.45, 2.75) is 26.3 Å². The smallest absolute Gasteiger partial charge is 0.326 e. The van der Waals surface area contributed by atoms with E-state index >= 15 is 0 Å². The molecule has 0 fully saturated rings. The van der Waals surface area contributed by atoms with Gasteiger partial charge in [0.05, 0.1) is 12.8 Å². The van der Waals surface area contributed by atoms with Crippen LogP contribution in [0.5, 0.6) is 5.75 Å². The van der Waals surface area contributed by atoms with E-state index in [0.29, 0.717) is 29.0 Å². The van der Waals surface area contributed by atoms with Crippen molar-refractivity contribution >= 4 is 11.9 Å². The van der Waals surface area contributed by atoms with Crippen molar-refractivity contribution < 1.29 is 19.4 Å². The number of ether oxygens (including phenoxy) is 1. The van der Waals surface area contributed by atoms with Crippen LogP contribution in [0.1, 0.15) is 30.6 Å². The number of carboxylic acids is 1.